The second kappa shape index (κ2) is 8.16. The van der Waals surface area contributed by atoms with Gasteiger partial charge in [0.1, 0.15) is 0 Å². The number of unbranched alkanes of at least 4 members (excludes halogenated alkanes) is 6. The van der Waals surface area contributed by atoms with E-state index in [9.17, 15) is 0 Å². The Bertz CT molecular complexity index is 213. The molecule has 1 atom stereocenters. The lowest BCUT2D eigenvalue weighted by Gasteiger charge is -2.33. The number of hydrogen-bond donors (Lipinski definition) is 1. The number of rotatable bonds is 9. The Labute approximate surface area is 114 Å². The summed E-state index contributed by atoms with van der Waals surface area (Å²) in [6.07, 6.45) is 13.0. The predicted octanol–water partition coefficient (Wildman–Crippen LogP) is 3.42. The number of piperazine rings is 1. The van der Waals surface area contributed by atoms with Gasteiger partial charge in [-0.25, -0.2) is 0 Å². The number of nitrogens with zero attached hydrogens (tertiary/aromatic N) is 1. The highest BCUT2D eigenvalue weighted by molar-refractivity contribution is 4.91. The lowest BCUT2D eigenvalue weighted by molar-refractivity contribution is 0.185. The Balaban J connectivity index is 1.45. The standard InChI is InChI=1S/C16H32N2/c1-2-3-4-5-6-7-8-12-18-13-11-17-16(14-18)15-9-10-15/h15-17H,2-14H2,1H3. The van der Waals surface area contributed by atoms with Gasteiger partial charge in [-0.05, 0) is 31.7 Å². The van der Waals surface area contributed by atoms with Crippen LogP contribution in [-0.4, -0.2) is 37.1 Å². The molecule has 0 aromatic carbocycles. The quantitative estimate of drug-likeness (QED) is 0.633. The van der Waals surface area contributed by atoms with E-state index in [1.54, 1.807) is 0 Å². The Kier molecular flexibility index (Phi) is 6.50. The van der Waals surface area contributed by atoms with E-state index in [0.29, 0.717) is 0 Å². The molecule has 0 amide bonds. The summed E-state index contributed by atoms with van der Waals surface area (Å²) in [5, 5.41) is 3.69. The van der Waals surface area contributed by atoms with Crippen LogP contribution < -0.4 is 5.32 Å². The zero-order valence-corrected chi connectivity index (χ0v) is 12.3. The average molecular weight is 252 g/mol. The van der Waals surface area contributed by atoms with Crippen molar-refractivity contribution in [2.24, 2.45) is 5.92 Å². The van der Waals surface area contributed by atoms with Crippen LogP contribution in [-0.2, 0) is 0 Å². The Morgan fingerprint density at radius 2 is 1.72 bits per heavy atom. The molecule has 2 rings (SSSR count). The minimum Gasteiger partial charge on any atom is -0.311 e. The fraction of sp³-hybridized carbons (Fsp3) is 1.00. The van der Waals surface area contributed by atoms with Gasteiger partial charge in [0.2, 0.25) is 0 Å². The molecule has 1 saturated carbocycles. The molecular weight excluding hydrogens is 220 g/mol. The maximum atomic E-state index is 3.69. The molecule has 1 aliphatic heterocycles. The minimum absolute atomic E-state index is 0.823. The van der Waals surface area contributed by atoms with Crippen LogP contribution in [0, 0.1) is 5.92 Å². The van der Waals surface area contributed by atoms with E-state index in [1.165, 1.54) is 84.0 Å². The fourth-order valence-electron chi connectivity index (χ4n) is 3.15. The van der Waals surface area contributed by atoms with Gasteiger partial charge in [-0.3, -0.25) is 0 Å². The van der Waals surface area contributed by atoms with Gasteiger partial charge in [0.25, 0.3) is 0 Å². The van der Waals surface area contributed by atoms with Crippen LogP contribution in [0.15, 0.2) is 0 Å². The summed E-state index contributed by atoms with van der Waals surface area (Å²) in [5.74, 6) is 1.02. The van der Waals surface area contributed by atoms with Crippen LogP contribution in [0.2, 0.25) is 0 Å². The third-order valence-electron chi connectivity index (χ3n) is 4.56. The Morgan fingerprint density at radius 1 is 1.00 bits per heavy atom. The summed E-state index contributed by atoms with van der Waals surface area (Å²) in [4.78, 5) is 2.70. The number of nitrogens with one attached hydrogen (secondary N) is 1. The highest BCUT2D eigenvalue weighted by atomic mass is 15.2. The second-order valence-corrected chi connectivity index (χ2v) is 6.32. The van der Waals surface area contributed by atoms with Crippen LogP contribution >= 0.6 is 0 Å². The summed E-state index contributed by atoms with van der Waals surface area (Å²) in [7, 11) is 0. The van der Waals surface area contributed by atoms with Gasteiger partial charge in [-0.15, -0.1) is 0 Å². The zero-order chi connectivity index (χ0) is 12.6. The van der Waals surface area contributed by atoms with Gasteiger partial charge in [0, 0.05) is 25.7 Å². The normalized spacial score (nSPS) is 25.5. The second-order valence-electron chi connectivity index (χ2n) is 6.32. The molecule has 1 aliphatic carbocycles. The first-order valence-corrected chi connectivity index (χ1v) is 8.36. The maximum absolute atomic E-state index is 3.69. The van der Waals surface area contributed by atoms with Gasteiger partial charge < -0.3 is 10.2 Å². The zero-order valence-electron chi connectivity index (χ0n) is 12.3. The molecule has 0 radical (unpaired) electrons. The van der Waals surface area contributed by atoms with Crippen molar-refractivity contribution in [2.45, 2.75) is 70.8 Å². The van der Waals surface area contributed by atoms with Crippen LogP contribution in [0.3, 0.4) is 0 Å². The van der Waals surface area contributed by atoms with Crippen molar-refractivity contribution >= 4 is 0 Å². The van der Waals surface area contributed by atoms with Crippen LogP contribution in [0.4, 0.5) is 0 Å². The van der Waals surface area contributed by atoms with Crippen molar-refractivity contribution in [1.29, 1.82) is 0 Å². The molecule has 0 aromatic rings. The molecule has 2 heteroatoms. The number of hydrogen-bond acceptors (Lipinski definition) is 2. The predicted molar refractivity (Wildman–Crippen MR) is 78.9 cm³/mol. The first-order valence-electron chi connectivity index (χ1n) is 8.36. The smallest absolute Gasteiger partial charge is 0.0223 e. The molecule has 18 heavy (non-hydrogen) atoms. The third-order valence-corrected chi connectivity index (χ3v) is 4.56. The van der Waals surface area contributed by atoms with Crippen molar-refractivity contribution in [1.82, 2.24) is 10.2 Å². The van der Waals surface area contributed by atoms with Crippen LogP contribution in [0.5, 0.6) is 0 Å². The van der Waals surface area contributed by atoms with Crippen molar-refractivity contribution in [3.05, 3.63) is 0 Å². The molecule has 2 nitrogen and oxygen atoms in total. The molecule has 1 N–H and O–H groups in total. The summed E-state index contributed by atoms with van der Waals surface area (Å²) in [6, 6.07) is 0.823. The minimum atomic E-state index is 0.823. The fourth-order valence-corrected chi connectivity index (χ4v) is 3.15. The van der Waals surface area contributed by atoms with Crippen molar-refractivity contribution in [3.63, 3.8) is 0 Å². The third kappa shape index (κ3) is 5.27. The lowest BCUT2D eigenvalue weighted by Crippen LogP contribution is -2.51. The molecule has 1 saturated heterocycles. The van der Waals surface area contributed by atoms with Gasteiger partial charge in [-0.1, -0.05) is 45.4 Å². The van der Waals surface area contributed by atoms with Crippen LogP contribution in [0.1, 0.15) is 64.7 Å². The molecule has 2 fully saturated rings. The molecular formula is C16H32N2. The molecule has 2 aliphatic rings. The molecule has 106 valence electrons. The highest BCUT2D eigenvalue weighted by Crippen LogP contribution is 2.33. The molecule has 0 spiro atoms. The van der Waals surface area contributed by atoms with E-state index in [0.717, 1.165) is 12.0 Å². The van der Waals surface area contributed by atoms with E-state index in [1.807, 2.05) is 0 Å². The maximum Gasteiger partial charge on any atom is 0.0223 e. The molecule has 0 aromatic heterocycles. The van der Waals surface area contributed by atoms with E-state index < -0.39 is 0 Å². The lowest BCUT2D eigenvalue weighted by atomic mass is 10.1. The first kappa shape index (κ1) is 14.3. The Morgan fingerprint density at radius 3 is 2.44 bits per heavy atom. The summed E-state index contributed by atoms with van der Waals surface area (Å²) in [6.45, 7) is 7.45. The largest absolute Gasteiger partial charge is 0.311 e. The highest BCUT2D eigenvalue weighted by Gasteiger charge is 2.33. The van der Waals surface area contributed by atoms with Crippen molar-refractivity contribution < 1.29 is 0 Å². The summed E-state index contributed by atoms with van der Waals surface area (Å²) < 4.78 is 0. The Hall–Kier alpha value is -0.0800. The molecule has 0 bridgehead atoms. The average Bonchev–Trinajstić information content (AvgIpc) is 3.22. The first-order chi connectivity index (χ1) is 8.90. The van der Waals surface area contributed by atoms with Crippen molar-refractivity contribution in [3.8, 4) is 0 Å². The topological polar surface area (TPSA) is 15.3 Å². The summed E-state index contributed by atoms with van der Waals surface area (Å²) in [5.41, 5.74) is 0. The van der Waals surface area contributed by atoms with Gasteiger partial charge in [-0.2, -0.15) is 0 Å². The van der Waals surface area contributed by atoms with E-state index in [4.69, 9.17) is 0 Å². The van der Waals surface area contributed by atoms with E-state index in [2.05, 4.69) is 17.1 Å². The van der Waals surface area contributed by atoms with Crippen LogP contribution in [0.25, 0.3) is 0 Å². The van der Waals surface area contributed by atoms with Gasteiger partial charge >= 0.3 is 0 Å². The molecule has 1 unspecified atom stereocenters. The van der Waals surface area contributed by atoms with E-state index in [-0.39, 0.29) is 0 Å². The SMILES string of the molecule is CCCCCCCCCN1CCNC(C2CC2)C1. The van der Waals surface area contributed by atoms with Crippen molar-refractivity contribution in [2.75, 3.05) is 26.2 Å². The van der Waals surface area contributed by atoms with E-state index >= 15 is 0 Å². The molecule has 1 heterocycles. The monoisotopic (exact) mass is 252 g/mol. The van der Waals surface area contributed by atoms with Gasteiger partial charge in [0.15, 0.2) is 0 Å². The summed E-state index contributed by atoms with van der Waals surface area (Å²) >= 11 is 0. The van der Waals surface area contributed by atoms with Gasteiger partial charge in [0.05, 0.1) is 0 Å².